The normalized spacial score (nSPS) is 19.1. The molecular weight excluding hydrogens is 281 g/mol. The van der Waals surface area contributed by atoms with Crippen LogP contribution in [0.15, 0.2) is 12.1 Å². The van der Waals surface area contributed by atoms with Gasteiger partial charge in [-0.25, -0.2) is 19.5 Å². The predicted molar refractivity (Wildman–Crippen MR) is 59.2 cm³/mol. The van der Waals surface area contributed by atoms with Gasteiger partial charge in [0.15, 0.2) is 6.04 Å². The third-order valence-electron chi connectivity index (χ3n) is 2.67. The Hall–Kier alpha value is -2.32. The number of aryl methyl sites for hydroxylation is 1. The van der Waals surface area contributed by atoms with Gasteiger partial charge in [-0.1, -0.05) is 0 Å². The first-order valence-corrected chi connectivity index (χ1v) is 5.45. The fourth-order valence-electron chi connectivity index (χ4n) is 1.79. The third-order valence-corrected chi connectivity index (χ3v) is 2.67. The van der Waals surface area contributed by atoms with E-state index in [1.807, 2.05) is 0 Å². The summed E-state index contributed by atoms with van der Waals surface area (Å²) in [4.78, 5) is 26.8. The average Bonchev–Trinajstić information content (AvgIpc) is 2.69. The number of carbonyl (C=O) groups excluding carboxylic acids is 1. The molecule has 2 heterocycles. The first kappa shape index (κ1) is 14.1. The number of nitrogens with zero attached hydrogens (tertiary/aromatic N) is 2. The van der Waals surface area contributed by atoms with Gasteiger partial charge in [-0.15, -0.1) is 0 Å². The number of hydrogen-bond donors (Lipinski definition) is 1. The van der Waals surface area contributed by atoms with E-state index in [1.165, 1.54) is 6.92 Å². The van der Waals surface area contributed by atoms with Gasteiger partial charge in [0.25, 0.3) is 0 Å². The molecule has 0 radical (unpaired) electrons. The Labute approximate surface area is 110 Å². The lowest BCUT2D eigenvalue weighted by Crippen LogP contribution is -2.40. The van der Waals surface area contributed by atoms with Crippen LogP contribution in [-0.2, 0) is 15.7 Å². The summed E-state index contributed by atoms with van der Waals surface area (Å²) in [6.07, 6.45) is -5.66. The van der Waals surface area contributed by atoms with Crippen LogP contribution >= 0.6 is 0 Å². The van der Waals surface area contributed by atoms with Crippen LogP contribution in [0.1, 0.15) is 11.3 Å². The SMILES string of the molecule is Cc1cc(C(F)(F)F)cc(N2C(=O)OC[C@H]2C(=O)O)n1. The van der Waals surface area contributed by atoms with E-state index in [1.54, 1.807) is 0 Å². The van der Waals surface area contributed by atoms with Crippen molar-refractivity contribution < 1.29 is 32.6 Å². The zero-order chi connectivity index (χ0) is 15.1. The van der Waals surface area contributed by atoms with E-state index in [-0.39, 0.29) is 5.69 Å². The number of rotatable bonds is 2. The lowest BCUT2D eigenvalue weighted by atomic mass is 10.2. The van der Waals surface area contributed by atoms with Gasteiger partial charge in [-0.3, -0.25) is 0 Å². The molecule has 0 spiro atoms. The third kappa shape index (κ3) is 2.51. The van der Waals surface area contributed by atoms with Crippen LogP contribution in [0.3, 0.4) is 0 Å². The number of pyridine rings is 1. The maximum atomic E-state index is 12.7. The molecule has 1 fully saturated rings. The smallest absolute Gasteiger partial charge is 0.416 e. The molecule has 1 aliphatic rings. The number of hydrogen-bond acceptors (Lipinski definition) is 4. The van der Waals surface area contributed by atoms with E-state index in [2.05, 4.69) is 9.72 Å². The van der Waals surface area contributed by atoms with E-state index in [0.29, 0.717) is 11.0 Å². The minimum Gasteiger partial charge on any atom is -0.480 e. The van der Waals surface area contributed by atoms with Gasteiger partial charge in [0.2, 0.25) is 0 Å². The largest absolute Gasteiger partial charge is 0.480 e. The fraction of sp³-hybridized carbons (Fsp3) is 0.364. The molecule has 6 nitrogen and oxygen atoms in total. The second-order valence-electron chi connectivity index (χ2n) is 4.15. The zero-order valence-corrected chi connectivity index (χ0v) is 10.1. The number of ether oxygens (including phenoxy) is 1. The minimum atomic E-state index is -4.62. The molecule has 0 bridgehead atoms. The molecule has 1 N–H and O–H groups in total. The lowest BCUT2D eigenvalue weighted by Gasteiger charge is -2.19. The highest BCUT2D eigenvalue weighted by Crippen LogP contribution is 2.33. The number of cyclic esters (lactones) is 1. The van der Waals surface area contributed by atoms with Crippen LogP contribution < -0.4 is 4.90 Å². The summed E-state index contributed by atoms with van der Waals surface area (Å²) < 4.78 is 42.7. The summed E-state index contributed by atoms with van der Waals surface area (Å²) in [6, 6.07) is 0.0359. The van der Waals surface area contributed by atoms with Crippen molar-refractivity contribution in [2.75, 3.05) is 11.5 Å². The summed E-state index contributed by atoms with van der Waals surface area (Å²) in [7, 11) is 0. The standard InChI is InChI=1S/C11H9F3N2O4/c1-5-2-6(11(12,13)14)3-8(15-5)16-7(9(17)18)4-20-10(16)19/h2-3,7H,4H2,1H3,(H,17,18)/t7-/m0/s1. The number of halogens is 3. The van der Waals surface area contributed by atoms with Crippen LogP contribution in [0.2, 0.25) is 0 Å². The number of anilines is 1. The van der Waals surface area contributed by atoms with Crippen molar-refractivity contribution in [2.45, 2.75) is 19.1 Å². The molecule has 1 aromatic rings. The molecule has 0 aliphatic carbocycles. The molecule has 1 saturated heterocycles. The van der Waals surface area contributed by atoms with Gasteiger partial charge in [0, 0.05) is 5.69 Å². The van der Waals surface area contributed by atoms with Gasteiger partial charge in [-0.2, -0.15) is 13.2 Å². The molecule has 108 valence electrons. The first-order valence-electron chi connectivity index (χ1n) is 5.45. The summed E-state index contributed by atoms with van der Waals surface area (Å²) in [5, 5.41) is 8.94. The van der Waals surface area contributed by atoms with Crippen molar-refractivity contribution in [1.82, 2.24) is 4.98 Å². The predicted octanol–water partition coefficient (Wildman–Crippen LogP) is 1.82. The maximum absolute atomic E-state index is 12.7. The number of aromatic nitrogens is 1. The Kier molecular flexibility index (Phi) is 3.28. The molecule has 1 aromatic heterocycles. The Morgan fingerprint density at radius 2 is 2.15 bits per heavy atom. The monoisotopic (exact) mass is 290 g/mol. The second-order valence-corrected chi connectivity index (χ2v) is 4.15. The molecule has 20 heavy (non-hydrogen) atoms. The van der Waals surface area contributed by atoms with Crippen LogP contribution in [0.5, 0.6) is 0 Å². The van der Waals surface area contributed by atoms with Crippen LogP contribution in [0.25, 0.3) is 0 Å². The number of aliphatic carboxylic acids is 1. The highest BCUT2D eigenvalue weighted by atomic mass is 19.4. The molecular formula is C11H9F3N2O4. The van der Waals surface area contributed by atoms with Crippen LogP contribution in [-0.4, -0.2) is 34.8 Å². The van der Waals surface area contributed by atoms with Crippen molar-refractivity contribution >= 4 is 17.9 Å². The van der Waals surface area contributed by atoms with E-state index >= 15 is 0 Å². The Balaban J connectivity index is 2.49. The maximum Gasteiger partial charge on any atom is 0.416 e. The quantitative estimate of drug-likeness (QED) is 0.898. The number of carbonyl (C=O) groups is 2. The van der Waals surface area contributed by atoms with E-state index in [0.717, 1.165) is 6.07 Å². The van der Waals surface area contributed by atoms with Crippen LogP contribution in [0, 0.1) is 6.92 Å². The van der Waals surface area contributed by atoms with E-state index < -0.39 is 42.3 Å². The highest BCUT2D eigenvalue weighted by molar-refractivity contribution is 5.97. The topological polar surface area (TPSA) is 79.7 Å². The van der Waals surface area contributed by atoms with Crippen molar-refractivity contribution in [3.05, 3.63) is 23.4 Å². The van der Waals surface area contributed by atoms with E-state index in [4.69, 9.17) is 5.11 Å². The van der Waals surface area contributed by atoms with Crippen LogP contribution in [0.4, 0.5) is 23.8 Å². The molecule has 9 heteroatoms. The second kappa shape index (κ2) is 4.66. The number of carboxylic acid groups (broad SMARTS) is 1. The average molecular weight is 290 g/mol. The molecule has 1 amide bonds. The fourth-order valence-corrected chi connectivity index (χ4v) is 1.79. The Morgan fingerprint density at radius 1 is 1.50 bits per heavy atom. The number of alkyl halides is 3. The zero-order valence-electron chi connectivity index (χ0n) is 10.1. The summed E-state index contributed by atoms with van der Waals surface area (Å²) in [5.41, 5.74) is -0.998. The lowest BCUT2D eigenvalue weighted by molar-refractivity contribution is -0.138. The molecule has 1 atom stereocenters. The van der Waals surface area contributed by atoms with Gasteiger partial charge in [0.05, 0.1) is 5.56 Å². The van der Waals surface area contributed by atoms with Crippen molar-refractivity contribution in [2.24, 2.45) is 0 Å². The summed E-state index contributed by atoms with van der Waals surface area (Å²) in [6.45, 7) is 0.876. The van der Waals surface area contributed by atoms with E-state index in [9.17, 15) is 22.8 Å². The highest BCUT2D eigenvalue weighted by Gasteiger charge is 2.41. The molecule has 2 rings (SSSR count). The Morgan fingerprint density at radius 3 is 2.70 bits per heavy atom. The summed E-state index contributed by atoms with van der Waals surface area (Å²) in [5.74, 6) is -1.78. The Bertz CT molecular complexity index is 573. The molecule has 1 aliphatic heterocycles. The van der Waals surface area contributed by atoms with Gasteiger partial charge in [-0.05, 0) is 19.1 Å². The molecule has 0 aromatic carbocycles. The molecule has 0 saturated carbocycles. The van der Waals surface area contributed by atoms with Gasteiger partial charge >= 0.3 is 18.2 Å². The summed E-state index contributed by atoms with van der Waals surface area (Å²) >= 11 is 0. The minimum absolute atomic E-state index is 0.0127. The van der Waals surface area contributed by atoms with Gasteiger partial charge < -0.3 is 9.84 Å². The van der Waals surface area contributed by atoms with Crippen molar-refractivity contribution in [1.29, 1.82) is 0 Å². The first-order chi connectivity index (χ1) is 9.20. The van der Waals surface area contributed by atoms with Crippen molar-refractivity contribution in [3.63, 3.8) is 0 Å². The van der Waals surface area contributed by atoms with Gasteiger partial charge in [0.1, 0.15) is 12.4 Å². The molecule has 0 unspecified atom stereocenters. The van der Waals surface area contributed by atoms with Crippen molar-refractivity contribution in [3.8, 4) is 0 Å². The number of carboxylic acids is 1. The number of amides is 1.